The Labute approximate surface area is 109 Å². The molecule has 1 atom stereocenters. The number of nitrogens with one attached hydrogen (secondary N) is 1. The van der Waals surface area contributed by atoms with Crippen LogP contribution in [0.25, 0.3) is 0 Å². The van der Waals surface area contributed by atoms with Gasteiger partial charge in [-0.3, -0.25) is 9.69 Å². The van der Waals surface area contributed by atoms with Gasteiger partial charge in [-0.2, -0.15) is 0 Å². The molecule has 5 heteroatoms. The monoisotopic (exact) mass is 255 g/mol. The molecule has 2 N–H and O–H groups in total. The maximum atomic E-state index is 12.2. The zero-order valence-electron chi connectivity index (χ0n) is 11.3. The van der Waals surface area contributed by atoms with Crippen LogP contribution in [0, 0.1) is 0 Å². The van der Waals surface area contributed by atoms with Crippen molar-refractivity contribution >= 4 is 5.91 Å². The van der Waals surface area contributed by atoms with Crippen molar-refractivity contribution in [3.8, 4) is 0 Å². The molecule has 2 fully saturated rings. The normalized spacial score (nSPS) is 26.6. The number of hydrogen-bond donors (Lipinski definition) is 2. The van der Waals surface area contributed by atoms with Crippen molar-refractivity contribution in [3.05, 3.63) is 0 Å². The second-order valence-electron chi connectivity index (χ2n) is 5.53. The zero-order valence-corrected chi connectivity index (χ0v) is 11.3. The van der Waals surface area contributed by atoms with Gasteiger partial charge < -0.3 is 15.3 Å². The third kappa shape index (κ3) is 3.67. The SMILES string of the molecule is CN(CC(=O)N1CCCC(O)C1)C1CCNCC1. The number of carbonyl (C=O) groups is 1. The summed E-state index contributed by atoms with van der Waals surface area (Å²) < 4.78 is 0. The van der Waals surface area contributed by atoms with Crippen molar-refractivity contribution in [1.29, 1.82) is 0 Å². The molecule has 0 radical (unpaired) electrons. The molecule has 18 heavy (non-hydrogen) atoms. The molecule has 1 amide bonds. The van der Waals surface area contributed by atoms with E-state index in [0.29, 0.717) is 19.1 Å². The summed E-state index contributed by atoms with van der Waals surface area (Å²) >= 11 is 0. The van der Waals surface area contributed by atoms with E-state index in [-0.39, 0.29) is 12.0 Å². The Morgan fingerprint density at radius 3 is 2.78 bits per heavy atom. The van der Waals surface area contributed by atoms with Crippen molar-refractivity contribution in [2.75, 3.05) is 39.8 Å². The van der Waals surface area contributed by atoms with E-state index in [9.17, 15) is 9.90 Å². The zero-order chi connectivity index (χ0) is 13.0. The van der Waals surface area contributed by atoms with Crippen LogP contribution in [0.5, 0.6) is 0 Å². The lowest BCUT2D eigenvalue weighted by Crippen LogP contribution is -2.49. The largest absolute Gasteiger partial charge is 0.391 e. The summed E-state index contributed by atoms with van der Waals surface area (Å²) in [5.74, 6) is 0.162. The summed E-state index contributed by atoms with van der Waals surface area (Å²) in [6, 6.07) is 0.518. The van der Waals surface area contributed by atoms with Gasteiger partial charge in [0.2, 0.25) is 5.91 Å². The van der Waals surface area contributed by atoms with E-state index < -0.39 is 0 Å². The van der Waals surface area contributed by atoms with Gasteiger partial charge in [0, 0.05) is 19.1 Å². The number of aliphatic hydroxyl groups is 1. The van der Waals surface area contributed by atoms with Crippen LogP contribution >= 0.6 is 0 Å². The van der Waals surface area contributed by atoms with Crippen LogP contribution < -0.4 is 5.32 Å². The Morgan fingerprint density at radius 2 is 2.11 bits per heavy atom. The van der Waals surface area contributed by atoms with Crippen molar-refractivity contribution in [2.45, 2.75) is 37.8 Å². The van der Waals surface area contributed by atoms with Gasteiger partial charge in [-0.05, 0) is 45.8 Å². The first-order chi connectivity index (χ1) is 8.66. The van der Waals surface area contributed by atoms with Gasteiger partial charge in [-0.15, -0.1) is 0 Å². The Kier molecular flexibility index (Phi) is 4.97. The average molecular weight is 255 g/mol. The van der Waals surface area contributed by atoms with Gasteiger partial charge in [0.15, 0.2) is 0 Å². The molecule has 2 aliphatic heterocycles. The number of likely N-dealkylation sites (N-methyl/N-ethyl adjacent to an activating group) is 1. The Morgan fingerprint density at radius 1 is 1.39 bits per heavy atom. The summed E-state index contributed by atoms with van der Waals surface area (Å²) in [6.07, 6.45) is 3.66. The smallest absolute Gasteiger partial charge is 0.236 e. The van der Waals surface area contributed by atoms with Crippen LogP contribution in [0.15, 0.2) is 0 Å². The van der Waals surface area contributed by atoms with E-state index in [1.165, 1.54) is 0 Å². The fourth-order valence-corrected chi connectivity index (χ4v) is 2.87. The number of amides is 1. The second kappa shape index (κ2) is 6.50. The summed E-state index contributed by atoms with van der Waals surface area (Å²) in [6.45, 7) is 3.89. The highest BCUT2D eigenvalue weighted by Gasteiger charge is 2.25. The standard InChI is InChI=1S/C13H25N3O2/c1-15(11-4-6-14-7-5-11)10-13(18)16-8-2-3-12(17)9-16/h11-12,14,17H,2-10H2,1H3. The Bertz CT molecular complexity index is 279. The second-order valence-corrected chi connectivity index (χ2v) is 5.53. The minimum Gasteiger partial charge on any atom is -0.391 e. The minimum atomic E-state index is -0.327. The molecule has 104 valence electrons. The van der Waals surface area contributed by atoms with E-state index >= 15 is 0 Å². The number of aliphatic hydroxyl groups excluding tert-OH is 1. The van der Waals surface area contributed by atoms with Gasteiger partial charge in [0.05, 0.1) is 12.6 Å². The maximum absolute atomic E-state index is 12.2. The highest BCUT2D eigenvalue weighted by molar-refractivity contribution is 5.78. The lowest BCUT2D eigenvalue weighted by atomic mass is 10.1. The number of hydrogen-bond acceptors (Lipinski definition) is 4. The van der Waals surface area contributed by atoms with Gasteiger partial charge in [0.1, 0.15) is 0 Å². The Hall–Kier alpha value is -0.650. The summed E-state index contributed by atoms with van der Waals surface area (Å²) in [4.78, 5) is 16.1. The average Bonchev–Trinajstić information content (AvgIpc) is 2.39. The molecule has 5 nitrogen and oxygen atoms in total. The lowest BCUT2D eigenvalue weighted by molar-refractivity contribution is -0.135. The van der Waals surface area contributed by atoms with Gasteiger partial charge >= 0.3 is 0 Å². The van der Waals surface area contributed by atoms with Crippen molar-refractivity contribution in [2.24, 2.45) is 0 Å². The number of rotatable bonds is 3. The molecular formula is C13H25N3O2. The molecule has 0 saturated carbocycles. The molecule has 0 aromatic carbocycles. The lowest BCUT2D eigenvalue weighted by Gasteiger charge is -2.35. The van der Waals surface area contributed by atoms with Crippen molar-refractivity contribution in [3.63, 3.8) is 0 Å². The summed E-state index contributed by atoms with van der Waals surface area (Å²) in [7, 11) is 2.04. The summed E-state index contributed by atoms with van der Waals surface area (Å²) in [5.41, 5.74) is 0. The predicted molar refractivity (Wildman–Crippen MR) is 70.3 cm³/mol. The third-order valence-electron chi connectivity index (χ3n) is 4.07. The first-order valence-electron chi connectivity index (χ1n) is 7.03. The predicted octanol–water partition coefficient (Wildman–Crippen LogP) is -0.346. The Balaban J connectivity index is 1.78. The molecule has 2 rings (SSSR count). The van der Waals surface area contributed by atoms with Crippen LogP contribution in [-0.2, 0) is 4.79 Å². The van der Waals surface area contributed by atoms with Crippen LogP contribution in [0.4, 0.5) is 0 Å². The van der Waals surface area contributed by atoms with Gasteiger partial charge in [-0.1, -0.05) is 0 Å². The number of β-amino-alcohol motifs (C(OH)–C–C–N with tert-alkyl or cyclic N) is 1. The topological polar surface area (TPSA) is 55.8 Å². The van der Waals surface area contributed by atoms with Crippen LogP contribution in [0.1, 0.15) is 25.7 Å². The number of nitrogens with zero attached hydrogens (tertiary/aromatic N) is 2. The molecule has 0 spiro atoms. The molecule has 2 heterocycles. The highest BCUT2D eigenvalue weighted by Crippen LogP contribution is 2.13. The van der Waals surface area contributed by atoms with E-state index in [1.54, 1.807) is 0 Å². The van der Waals surface area contributed by atoms with Gasteiger partial charge in [0.25, 0.3) is 0 Å². The summed E-state index contributed by atoms with van der Waals surface area (Å²) in [5, 5.41) is 12.9. The fraction of sp³-hybridized carbons (Fsp3) is 0.923. The fourth-order valence-electron chi connectivity index (χ4n) is 2.87. The van der Waals surface area contributed by atoms with E-state index in [0.717, 1.165) is 45.3 Å². The number of carbonyl (C=O) groups excluding carboxylic acids is 1. The molecular weight excluding hydrogens is 230 g/mol. The van der Waals surface area contributed by atoms with Crippen molar-refractivity contribution < 1.29 is 9.90 Å². The number of likely N-dealkylation sites (tertiary alicyclic amines) is 1. The molecule has 1 unspecified atom stereocenters. The number of piperidine rings is 2. The molecule has 0 aromatic heterocycles. The van der Waals surface area contributed by atoms with E-state index in [4.69, 9.17) is 0 Å². The molecule has 0 aliphatic carbocycles. The molecule has 0 aromatic rings. The molecule has 0 bridgehead atoms. The van der Waals surface area contributed by atoms with Crippen LogP contribution in [0.2, 0.25) is 0 Å². The highest BCUT2D eigenvalue weighted by atomic mass is 16.3. The molecule has 2 saturated heterocycles. The van der Waals surface area contributed by atoms with E-state index in [1.807, 2.05) is 11.9 Å². The third-order valence-corrected chi connectivity index (χ3v) is 4.07. The van der Waals surface area contributed by atoms with Crippen molar-refractivity contribution in [1.82, 2.24) is 15.1 Å². The maximum Gasteiger partial charge on any atom is 0.236 e. The van der Waals surface area contributed by atoms with Crippen LogP contribution in [-0.4, -0.2) is 72.7 Å². The first-order valence-corrected chi connectivity index (χ1v) is 7.03. The minimum absolute atomic E-state index is 0.162. The first kappa shape index (κ1) is 13.8. The quantitative estimate of drug-likeness (QED) is 0.724. The molecule has 2 aliphatic rings. The van der Waals surface area contributed by atoms with Crippen LogP contribution in [0.3, 0.4) is 0 Å². The van der Waals surface area contributed by atoms with E-state index in [2.05, 4.69) is 10.2 Å². The van der Waals surface area contributed by atoms with Gasteiger partial charge in [-0.25, -0.2) is 0 Å².